The van der Waals surface area contributed by atoms with Crippen LogP contribution in [0.5, 0.6) is 0 Å². The van der Waals surface area contributed by atoms with Crippen molar-refractivity contribution in [3.05, 3.63) is 0 Å². The van der Waals surface area contributed by atoms with Gasteiger partial charge >= 0.3 is 0 Å². The predicted molar refractivity (Wildman–Crippen MR) is 47.8 cm³/mol. The maximum atomic E-state index is 8.74. The highest BCUT2D eigenvalue weighted by atomic mass is 32.2. The van der Waals surface area contributed by atoms with Crippen LogP contribution in [0.2, 0.25) is 0 Å². The van der Waals surface area contributed by atoms with Crippen molar-refractivity contribution in [3.8, 4) is 0 Å². The molecule has 3 saturated heterocycles. The van der Waals surface area contributed by atoms with E-state index in [1.165, 1.54) is 32.4 Å². The number of nitrogens with zero attached hydrogens (tertiary/aromatic N) is 1. The minimum atomic E-state index is 0.678. The average molecular weight is 173 g/mol. The van der Waals surface area contributed by atoms with Gasteiger partial charge in [-0.1, -0.05) is 0 Å². The third-order valence-corrected chi connectivity index (χ3v) is 3.57. The molecule has 0 aromatic rings. The monoisotopic (exact) mass is 173 g/mol. The Balaban J connectivity index is 1.92. The Morgan fingerprint density at radius 3 is 2.55 bits per heavy atom. The molecule has 3 rings (SSSR count). The zero-order valence-corrected chi connectivity index (χ0v) is 7.52. The van der Waals surface area contributed by atoms with Crippen LogP contribution < -0.4 is 0 Å². The summed E-state index contributed by atoms with van der Waals surface area (Å²) in [6.45, 7) is 2.55. The van der Waals surface area contributed by atoms with Crippen molar-refractivity contribution in [3.63, 3.8) is 0 Å². The summed E-state index contributed by atoms with van der Waals surface area (Å²) in [4.78, 5) is 2.53. The van der Waals surface area contributed by atoms with Crippen LogP contribution in [-0.4, -0.2) is 34.3 Å². The molecule has 0 radical (unpaired) electrons. The SMILES string of the molecule is OSCC1CC2CCN1CC2. The molecule has 2 nitrogen and oxygen atoms in total. The predicted octanol–water partition coefficient (Wildman–Crippen LogP) is 1.68. The van der Waals surface area contributed by atoms with Crippen molar-refractivity contribution in [2.24, 2.45) is 5.92 Å². The van der Waals surface area contributed by atoms with Crippen LogP contribution in [-0.2, 0) is 0 Å². The van der Waals surface area contributed by atoms with Gasteiger partial charge in [0, 0.05) is 11.8 Å². The van der Waals surface area contributed by atoms with E-state index in [9.17, 15) is 0 Å². The van der Waals surface area contributed by atoms with Gasteiger partial charge in [0.25, 0.3) is 0 Å². The first-order valence-electron chi connectivity index (χ1n) is 4.40. The summed E-state index contributed by atoms with van der Waals surface area (Å²) in [7, 11) is 0. The molecule has 2 bridgehead atoms. The number of hydrogen-bond acceptors (Lipinski definition) is 3. The minimum absolute atomic E-state index is 0.678. The largest absolute Gasteiger partial charge is 0.330 e. The van der Waals surface area contributed by atoms with Crippen LogP contribution in [0, 0.1) is 5.92 Å². The molecular formula is C8H15NOS. The Labute approximate surface area is 72.2 Å². The zero-order valence-electron chi connectivity index (χ0n) is 6.70. The topological polar surface area (TPSA) is 23.5 Å². The summed E-state index contributed by atoms with van der Waals surface area (Å²) in [6, 6.07) is 0.678. The van der Waals surface area contributed by atoms with Crippen molar-refractivity contribution in [2.45, 2.75) is 25.3 Å². The Hall–Kier alpha value is 0.270. The number of hydrogen-bond donors (Lipinski definition) is 1. The van der Waals surface area contributed by atoms with Crippen LogP contribution in [0.3, 0.4) is 0 Å². The third kappa shape index (κ3) is 1.55. The van der Waals surface area contributed by atoms with Gasteiger partial charge in [0.15, 0.2) is 0 Å². The van der Waals surface area contributed by atoms with E-state index in [4.69, 9.17) is 4.55 Å². The molecule has 0 aromatic heterocycles. The van der Waals surface area contributed by atoms with Gasteiger partial charge in [0.05, 0.1) is 0 Å². The van der Waals surface area contributed by atoms with Crippen molar-refractivity contribution in [1.29, 1.82) is 0 Å². The summed E-state index contributed by atoms with van der Waals surface area (Å²) < 4.78 is 8.74. The van der Waals surface area contributed by atoms with Gasteiger partial charge in [-0.3, -0.25) is 4.90 Å². The van der Waals surface area contributed by atoms with Crippen LogP contribution >= 0.6 is 12.0 Å². The van der Waals surface area contributed by atoms with Gasteiger partial charge < -0.3 is 4.55 Å². The summed E-state index contributed by atoms with van der Waals surface area (Å²) >= 11 is 1.01. The Bertz CT molecular complexity index is 134. The standard InChI is InChI=1S/C8H15NOS/c10-11-6-8-5-7-1-3-9(8)4-2-7/h7-8,10H,1-6H2. The second kappa shape index (κ2) is 3.33. The highest BCUT2D eigenvalue weighted by molar-refractivity contribution is 7.93. The molecule has 3 fully saturated rings. The molecule has 3 heterocycles. The van der Waals surface area contributed by atoms with E-state index in [2.05, 4.69) is 4.90 Å². The molecule has 0 spiro atoms. The van der Waals surface area contributed by atoms with Crippen molar-refractivity contribution >= 4 is 12.0 Å². The molecule has 0 aromatic carbocycles. The van der Waals surface area contributed by atoms with E-state index in [0.29, 0.717) is 6.04 Å². The molecule has 3 aliphatic rings. The molecule has 0 aliphatic carbocycles. The van der Waals surface area contributed by atoms with Gasteiger partial charge in [-0.25, -0.2) is 0 Å². The molecular weight excluding hydrogens is 158 g/mol. The smallest absolute Gasteiger partial charge is 0.0351 e. The minimum Gasteiger partial charge on any atom is -0.330 e. The Morgan fingerprint density at radius 2 is 2.09 bits per heavy atom. The maximum Gasteiger partial charge on any atom is 0.0351 e. The lowest BCUT2D eigenvalue weighted by Crippen LogP contribution is -2.49. The first-order chi connectivity index (χ1) is 5.40. The second-order valence-electron chi connectivity index (χ2n) is 3.66. The molecule has 3 aliphatic heterocycles. The van der Waals surface area contributed by atoms with E-state index >= 15 is 0 Å². The fraction of sp³-hybridized carbons (Fsp3) is 1.00. The molecule has 0 amide bonds. The van der Waals surface area contributed by atoms with Gasteiger partial charge in [0.2, 0.25) is 0 Å². The van der Waals surface area contributed by atoms with E-state index in [1.54, 1.807) is 0 Å². The number of rotatable bonds is 2. The van der Waals surface area contributed by atoms with Gasteiger partial charge in [-0.2, -0.15) is 0 Å². The lowest BCUT2D eigenvalue weighted by atomic mass is 9.84. The van der Waals surface area contributed by atoms with Crippen molar-refractivity contribution in [1.82, 2.24) is 4.90 Å². The lowest BCUT2D eigenvalue weighted by molar-refractivity contribution is 0.0614. The summed E-state index contributed by atoms with van der Waals surface area (Å²) in [6.07, 6.45) is 4.12. The van der Waals surface area contributed by atoms with E-state index in [-0.39, 0.29) is 0 Å². The van der Waals surface area contributed by atoms with Gasteiger partial charge in [-0.15, -0.1) is 0 Å². The summed E-state index contributed by atoms with van der Waals surface area (Å²) in [5.74, 6) is 1.88. The van der Waals surface area contributed by atoms with Gasteiger partial charge in [0.1, 0.15) is 0 Å². The fourth-order valence-corrected chi connectivity index (χ4v) is 2.87. The van der Waals surface area contributed by atoms with Crippen LogP contribution in [0.15, 0.2) is 0 Å². The molecule has 64 valence electrons. The molecule has 0 saturated carbocycles. The fourth-order valence-electron chi connectivity index (χ4n) is 2.35. The van der Waals surface area contributed by atoms with Crippen molar-refractivity contribution < 1.29 is 4.55 Å². The first-order valence-corrected chi connectivity index (χ1v) is 5.35. The van der Waals surface area contributed by atoms with E-state index < -0.39 is 0 Å². The maximum absolute atomic E-state index is 8.74. The molecule has 1 unspecified atom stereocenters. The molecule has 11 heavy (non-hydrogen) atoms. The highest BCUT2D eigenvalue weighted by Gasteiger charge is 2.32. The van der Waals surface area contributed by atoms with Crippen LogP contribution in [0.4, 0.5) is 0 Å². The van der Waals surface area contributed by atoms with Crippen LogP contribution in [0.25, 0.3) is 0 Å². The van der Waals surface area contributed by atoms with E-state index in [1.807, 2.05) is 0 Å². The molecule has 3 heteroatoms. The first kappa shape index (κ1) is 7.90. The van der Waals surface area contributed by atoms with Gasteiger partial charge in [-0.05, 0) is 50.3 Å². The number of fused-ring (bicyclic) bond motifs is 3. The molecule has 1 N–H and O–H groups in total. The Morgan fingerprint density at radius 1 is 1.36 bits per heavy atom. The lowest BCUT2D eigenvalue weighted by Gasteiger charge is -2.45. The summed E-state index contributed by atoms with van der Waals surface area (Å²) in [5, 5.41) is 0. The average Bonchev–Trinajstić information content (AvgIpc) is 2.07. The normalized spacial score (nSPS) is 42.8. The third-order valence-electron chi connectivity index (χ3n) is 3.04. The van der Waals surface area contributed by atoms with Crippen LogP contribution in [0.1, 0.15) is 19.3 Å². The zero-order chi connectivity index (χ0) is 7.68. The van der Waals surface area contributed by atoms with E-state index in [0.717, 1.165) is 23.7 Å². The van der Waals surface area contributed by atoms with Crippen molar-refractivity contribution in [2.75, 3.05) is 18.8 Å². The Kier molecular flexibility index (Phi) is 2.39. The quantitative estimate of drug-likeness (QED) is 0.643. The number of piperidine rings is 3. The summed E-state index contributed by atoms with van der Waals surface area (Å²) in [5.41, 5.74) is 0. The highest BCUT2D eigenvalue weighted by Crippen LogP contribution is 2.32. The molecule has 1 atom stereocenters. The second-order valence-corrected chi connectivity index (χ2v) is 4.26.